The van der Waals surface area contributed by atoms with Crippen LogP contribution in [0.4, 0.5) is 5.69 Å². The Balaban J connectivity index is 1.61. The first-order valence-corrected chi connectivity index (χ1v) is 9.38. The van der Waals surface area contributed by atoms with Crippen LogP contribution in [0.15, 0.2) is 54.6 Å². The fourth-order valence-corrected chi connectivity index (χ4v) is 3.37. The molecule has 0 bridgehead atoms. The van der Waals surface area contributed by atoms with Crippen molar-refractivity contribution < 1.29 is 23.9 Å². The van der Waals surface area contributed by atoms with Crippen molar-refractivity contribution in [3.8, 4) is 0 Å². The van der Waals surface area contributed by atoms with E-state index in [0.29, 0.717) is 5.56 Å². The maximum atomic E-state index is 12.8. The summed E-state index contributed by atoms with van der Waals surface area (Å²) in [4.78, 5) is 38.1. The van der Waals surface area contributed by atoms with E-state index < -0.39 is 18.0 Å². The minimum absolute atomic E-state index is 0.0184. The lowest BCUT2D eigenvalue weighted by Crippen LogP contribution is -2.43. The Hall–Kier alpha value is -3.41. The summed E-state index contributed by atoms with van der Waals surface area (Å²) in [6.45, 7) is 3.55. The van der Waals surface area contributed by atoms with Gasteiger partial charge in [0.05, 0.1) is 12.7 Å². The minimum atomic E-state index is -0.901. The van der Waals surface area contributed by atoms with Gasteiger partial charge in [0.25, 0.3) is 5.91 Å². The van der Waals surface area contributed by atoms with Crippen LogP contribution in [-0.2, 0) is 25.5 Å². The molecule has 1 aliphatic rings. The highest BCUT2D eigenvalue weighted by atomic mass is 16.5. The molecule has 0 fully saturated rings. The third-order valence-corrected chi connectivity index (χ3v) is 4.83. The Labute approximate surface area is 169 Å². The lowest BCUT2D eigenvalue weighted by Gasteiger charge is -2.25. The molecule has 6 nitrogen and oxygen atoms in total. The van der Waals surface area contributed by atoms with Gasteiger partial charge in [-0.15, -0.1) is 0 Å². The number of hydrogen-bond donors (Lipinski definition) is 0. The molecular weight excluding hydrogens is 370 g/mol. The number of fused-ring (bicyclic) bond motifs is 1. The SMILES string of the molecule is COC(=O)c1ccc(/C=C/C(=O)O[C@@H](C)C(=O)N2c3ccccc3C[C@H]2C)cc1. The van der Waals surface area contributed by atoms with Gasteiger partial charge in [0.1, 0.15) is 0 Å². The molecule has 0 aliphatic carbocycles. The zero-order chi connectivity index (χ0) is 21.0. The van der Waals surface area contributed by atoms with Crippen molar-refractivity contribution in [2.45, 2.75) is 32.4 Å². The molecule has 150 valence electrons. The first-order valence-electron chi connectivity index (χ1n) is 9.38. The van der Waals surface area contributed by atoms with Gasteiger partial charge in [0.2, 0.25) is 0 Å². The Bertz CT molecular complexity index is 948. The predicted octanol–water partition coefficient (Wildman–Crippen LogP) is 3.40. The highest BCUT2D eigenvalue weighted by Crippen LogP contribution is 2.32. The van der Waals surface area contributed by atoms with Crippen LogP contribution in [0.5, 0.6) is 0 Å². The van der Waals surface area contributed by atoms with Crippen molar-refractivity contribution in [2.24, 2.45) is 0 Å². The fraction of sp³-hybridized carbons (Fsp3) is 0.261. The van der Waals surface area contributed by atoms with Crippen LogP contribution in [0, 0.1) is 0 Å². The van der Waals surface area contributed by atoms with Crippen molar-refractivity contribution in [3.63, 3.8) is 0 Å². The van der Waals surface area contributed by atoms with E-state index in [9.17, 15) is 14.4 Å². The van der Waals surface area contributed by atoms with Crippen molar-refractivity contribution >= 4 is 29.6 Å². The van der Waals surface area contributed by atoms with Gasteiger partial charge in [-0.3, -0.25) is 4.79 Å². The highest BCUT2D eigenvalue weighted by molar-refractivity contribution is 6.00. The fourth-order valence-electron chi connectivity index (χ4n) is 3.37. The number of hydrogen-bond acceptors (Lipinski definition) is 5. The van der Waals surface area contributed by atoms with E-state index in [1.165, 1.54) is 13.2 Å². The van der Waals surface area contributed by atoms with Crippen LogP contribution in [0.25, 0.3) is 6.08 Å². The number of amides is 1. The molecular formula is C23H23NO5. The first kappa shape index (κ1) is 20.3. The van der Waals surface area contributed by atoms with Gasteiger partial charge in [0, 0.05) is 17.8 Å². The molecule has 2 aromatic carbocycles. The third kappa shape index (κ3) is 4.54. The molecule has 0 saturated carbocycles. The summed E-state index contributed by atoms with van der Waals surface area (Å²) >= 11 is 0. The normalized spacial score (nSPS) is 16.4. The van der Waals surface area contributed by atoms with Crippen molar-refractivity contribution in [2.75, 3.05) is 12.0 Å². The maximum Gasteiger partial charge on any atom is 0.337 e. The summed E-state index contributed by atoms with van der Waals surface area (Å²) in [7, 11) is 1.32. The number of rotatable bonds is 5. The van der Waals surface area contributed by atoms with Gasteiger partial charge in [-0.05, 0) is 55.7 Å². The van der Waals surface area contributed by atoms with Gasteiger partial charge in [-0.1, -0.05) is 30.3 Å². The molecule has 1 aliphatic heterocycles. The minimum Gasteiger partial charge on any atom is -0.465 e. The maximum absolute atomic E-state index is 12.8. The topological polar surface area (TPSA) is 72.9 Å². The quantitative estimate of drug-likeness (QED) is 0.575. The Morgan fingerprint density at radius 3 is 2.48 bits per heavy atom. The van der Waals surface area contributed by atoms with Gasteiger partial charge in [-0.25, -0.2) is 9.59 Å². The monoisotopic (exact) mass is 393 g/mol. The average molecular weight is 393 g/mol. The molecule has 3 rings (SSSR count). The third-order valence-electron chi connectivity index (χ3n) is 4.83. The molecule has 6 heteroatoms. The summed E-state index contributed by atoms with van der Waals surface area (Å²) < 4.78 is 9.94. The number of carbonyl (C=O) groups excluding carboxylic acids is 3. The largest absolute Gasteiger partial charge is 0.465 e. The van der Waals surface area contributed by atoms with Crippen LogP contribution in [0.3, 0.4) is 0 Å². The average Bonchev–Trinajstić information content (AvgIpc) is 3.07. The first-order chi connectivity index (χ1) is 13.9. The van der Waals surface area contributed by atoms with Crippen LogP contribution in [0.2, 0.25) is 0 Å². The zero-order valence-corrected chi connectivity index (χ0v) is 16.6. The van der Waals surface area contributed by atoms with E-state index in [4.69, 9.17) is 4.74 Å². The van der Waals surface area contributed by atoms with E-state index >= 15 is 0 Å². The Morgan fingerprint density at radius 2 is 1.79 bits per heavy atom. The summed E-state index contributed by atoms with van der Waals surface area (Å²) in [5, 5.41) is 0. The van der Waals surface area contributed by atoms with Crippen molar-refractivity contribution in [1.82, 2.24) is 0 Å². The zero-order valence-electron chi connectivity index (χ0n) is 16.6. The standard InChI is InChI=1S/C23H23NO5/c1-15-14-19-6-4-5-7-20(19)24(15)22(26)16(2)29-21(25)13-10-17-8-11-18(12-9-17)23(27)28-3/h4-13,15-16H,14H2,1-3H3/b13-10+/t15-,16+/m1/s1. The van der Waals surface area contributed by atoms with Crippen LogP contribution in [-0.4, -0.2) is 37.1 Å². The van der Waals surface area contributed by atoms with E-state index in [2.05, 4.69) is 4.74 Å². The Kier molecular flexibility index (Phi) is 6.12. The summed E-state index contributed by atoms with van der Waals surface area (Å²) in [6, 6.07) is 14.4. The molecule has 0 radical (unpaired) electrons. The molecule has 1 amide bonds. The molecule has 29 heavy (non-hydrogen) atoms. The molecule has 0 aromatic heterocycles. The molecule has 2 aromatic rings. The van der Waals surface area contributed by atoms with Gasteiger partial charge in [0.15, 0.2) is 6.10 Å². The number of anilines is 1. The molecule has 1 heterocycles. The smallest absolute Gasteiger partial charge is 0.337 e. The van der Waals surface area contributed by atoms with Gasteiger partial charge >= 0.3 is 11.9 Å². The highest BCUT2D eigenvalue weighted by Gasteiger charge is 2.34. The molecule has 0 unspecified atom stereocenters. The number of carbonyl (C=O) groups is 3. The summed E-state index contributed by atoms with van der Waals surface area (Å²) in [6.07, 6.45) is 2.71. The van der Waals surface area contributed by atoms with E-state index in [-0.39, 0.29) is 11.9 Å². The second-order valence-electron chi connectivity index (χ2n) is 6.92. The lowest BCUT2D eigenvalue weighted by atomic mass is 10.1. The molecule has 2 atom stereocenters. The van der Waals surface area contributed by atoms with E-state index in [1.807, 2.05) is 31.2 Å². The van der Waals surface area contributed by atoms with E-state index in [0.717, 1.165) is 23.2 Å². The second kappa shape index (κ2) is 8.73. The van der Waals surface area contributed by atoms with Crippen LogP contribution >= 0.6 is 0 Å². The van der Waals surface area contributed by atoms with Gasteiger partial charge in [-0.2, -0.15) is 0 Å². The Morgan fingerprint density at radius 1 is 1.10 bits per heavy atom. The number of ether oxygens (including phenoxy) is 2. The van der Waals surface area contributed by atoms with Crippen LogP contribution in [0.1, 0.15) is 35.3 Å². The molecule has 0 N–H and O–H groups in total. The van der Waals surface area contributed by atoms with Crippen molar-refractivity contribution in [3.05, 3.63) is 71.3 Å². The number of nitrogens with zero attached hydrogens (tertiary/aromatic N) is 1. The van der Waals surface area contributed by atoms with Gasteiger partial charge < -0.3 is 14.4 Å². The van der Waals surface area contributed by atoms with Crippen molar-refractivity contribution in [1.29, 1.82) is 0 Å². The number of benzene rings is 2. The summed E-state index contributed by atoms with van der Waals surface area (Å²) in [5.74, 6) is -1.28. The number of para-hydroxylation sites is 1. The predicted molar refractivity (Wildman–Crippen MR) is 109 cm³/mol. The van der Waals surface area contributed by atoms with Crippen LogP contribution < -0.4 is 4.90 Å². The number of methoxy groups -OCH3 is 1. The van der Waals surface area contributed by atoms with E-state index in [1.54, 1.807) is 42.2 Å². The molecule has 0 spiro atoms. The second-order valence-corrected chi connectivity index (χ2v) is 6.92. The summed E-state index contributed by atoms with van der Waals surface area (Å²) in [5.41, 5.74) is 3.12. The number of esters is 2. The lowest BCUT2D eigenvalue weighted by molar-refractivity contribution is -0.149. The molecule has 0 saturated heterocycles.